The summed E-state index contributed by atoms with van der Waals surface area (Å²) < 4.78 is 3.96. The van der Waals surface area contributed by atoms with Crippen molar-refractivity contribution in [3.63, 3.8) is 0 Å². The average molecular weight is 466 g/mol. The first-order chi connectivity index (χ1) is 17.1. The van der Waals surface area contributed by atoms with Crippen LogP contribution in [0.1, 0.15) is 52.8 Å². The van der Waals surface area contributed by atoms with Gasteiger partial charge in [0.25, 0.3) is 5.91 Å². The number of carbonyl (C=O) groups excluding carboxylic acids is 1. The van der Waals surface area contributed by atoms with Crippen molar-refractivity contribution in [1.82, 2.24) is 34.6 Å². The fourth-order valence-electron chi connectivity index (χ4n) is 4.73. The maximum Gasteiger partial charge on any atom is 0.252 e. The maximum absolute atomic E-state index is 13.4. The van der Waals surface area contributed by atoms with Crippen molar-refractivity contribution in [1.29, 1.82) is 0 Å². The highest BCUT2D eigenvalue weighted by atomic mass is 16.1. The molecule has 1 N–H and O–H groups in total. The first kappa shape index (κ1) is 21.5. The van der Waals surface area contributed by atoms with Crippen LogP contribution in [0.15, 0.2) is 54.7 Å². The van der Waals surface area contributed by atoms with Crippen LogP contribution in [0, 0.1) is 13.8 Å². The number of amides is 1. The number of aromatic nitrogens is 6. The standard InChI is InChI=1S/C27H27N7O/c1-17-25-20(27(35)29-14-7-15-33-18(2)30-21-8-3-4-9-23(21)33)16-22(19-11-12-19)31-26(25)34(32-17)24-10-5-6-13-28-24/h3-6,8-10,13,16,19H,7,11-12,14-15H2,1-2H3,(H,29,35). The molecule has 1 aromatic carbocycles. The number of nitrogens with one attached hydrogen (secondary N) is 1. The molecule has 1 saturated carbocycles. The number of carbonyl (C=O) groups is 1. The lowest BCUT2D eigenvalue weighted by atomic mass is 10.1. The molecule has 0 atom stereocenters. The third-order valence-corrected chi connectivity index (χ3v) is 6.63. The number of nitrogens with zero attached hydrogens (tertiary/aromatic N) is 6. The molecule has 0 aliphatic heterocycles. The lowest BCUT2D eigenvalue weighted by Gasteiger charge is -2.10. The number of pyridine rings is 2. The minimum absolute atomic E-state index is 0.0878. The van der Waals surface area contributed by atoms with Crippen LogP contribution < -0.4 is 5.32 Å². The van der Waals surface area contributed by atoms with Crippen LogP contribution in [0.5, 0.6) is 0 Å². The fraction of sp³-hybridized carbons (Fsp3) is 0.296. The Hall–Kier alpha value is -4.07. The largest absolute Gasteiger partial charge is 0.352 e. The van der Waals surface area contributed by atoms with Crippen molar-refractivity contribution < 1.29 is 4.79 Å². The van der Waals surface area contributed by atoms with Gasteiger partial charge in [-0.15, -0.1) is 0 Å². The molecule has 176 valence electrons. The van der Waals surface area contributed by atoms with Crippen LogP contribution in [0.3, 0.4) is 0 Å². The van der Waals surface area contributed by atoms with Gasteiger partial charge in [-0.2, -0.15) is 9.78 Å². The van der Waals surface area contributed by atoms with Crippen LogP contribution in [-0.2, 0) is 6.54 Å². The number of benzene rings is 1. The summed E-state index contributed by atoms with van der Waals surface area (Å²) in [6.07, 6.45) is 4.76. The second-order valence-corrected chi connectivity index (χ2v) is 9.16. The molecule has 1 amide bonds. The number of aryl methyl sites for hydroxylation is 3. The molecule has 4 heterocycles. The van der Waals surface area contributed by atoms with E-state index in [1.54, 1.807) is 10.9 Å². The molecule has 1 aliphatic rings. The molecule has 1 fully saturated rings. The van der Waals surface area contributed by atoms with Gasteiger partial charge in [0, 0.05) is 30.9 Å². The van der Waals surface area contributed by atoms with Crippen molar-refractivity contribution in [2.24, 2.45) is 0 Å². The Morgan fingerprint density at radius 2 is 1.91 bits per heavy atom. The van der Waals surface area contributed by atoms with Gasteiger partial charge in [0.2, 0.25) is 0 Å². The lowest BCUT2D eigenvalue weighted by molar-refractivity contribution is 0.0954. The predicted molar refractivity (Wildman–Crippen MR) is 135 cm³/mol. The summed E-state index contributed by atoms with van der Waals surface area (Å²) in [5, 5.41) is 8.61. The normalized spacial score (nSPS) is 13.5. The van der Waals surface area contributed by atoms with Gasteiger partial charge < -0.3 is 9.88 Å². The fourth-order valence-corrected chi connectivity index (χ4v) is 4.73. The number of imidazole rings is 1. The van der Waals surface area contributed by atoms with Gasteiger partial charge in [-0.25, -0.2) is 15.0 Å². The number of para-hydroxylation sites is 2. The highest BCUT2D eigenvalue weighted by Gasteiger charge is 2.29. The molecule has 0 radical (unpaired) electrons. The van der Waals surface area contributed by atoms with Crippen LogP contribution >= 0.6 is 0 Å². The summed E-state index contributed by atoms with van der Waals surface area (Å²) in [7, 11) is 0. The topological polar surface area (TPSA) is 90.5 Å². The van der Waals surface area contributed by atoms with Crippen molar-refractivity contribution in [3.05, 3.63) is 77.5 Å². The minimum Gasteiger partial charge on any atom is -0.352 e. The minimum atomic E-state index is -0.0878. The van der Waals surface area contributed by atoms with E-state index in [0.29, 0.717) is 29.5 Å². The second-order valence-electron chi connectivity index (χ2n) is 9.16. The van der Waals surface area contributed by atoms with Crippen molar-refractivity contribution in [2.75, 3.05) is 6.54 Å². The van der Waals surface area contributed by atoms with E-state index in [1.807, 2.05) is 56.3 Å². The molecule has 8 heteroatoms. The summed E-state index contributed by atoms with van der Waals surface area (Å²) >= 11 is 0. The number of fused-ring (bicyclic) bond motifs is 2. The van der Waals surface area contributed by atoms with E-state index < -0.39 is 0 Å². The third-order valence-electron chi connectivity index (χ3n) is 6.63. The van der Waals surface area contributed by atoms with Crippen molar-refractivity contribution in [3.8, 4) is 5.82 Å². The zero-order chi connectivity index (χ0) is 23.9. The van der Waals surface area contributed by atoms with Gasteiger partial charge in [0.1, 0.15) is 5.82 Å². The summed E-state index contributed by atoms with van der Waals surface area (Å²) in [5.41, 5.74) is 5.18. The van der Waals surface area contributed by atoms with Gasteiger partial charge in [-0.05, 0) is 63.4 Å². The van der Waals surface area contributed by atoms with E-state index in [-0.39, 0.29) is 5.91 Å². The highest BCUT2D eigenvalue weighted by molar-refractivity contribution is 6.06. The Labute approximate surface area is 203 Å². The predicted octanol–water partition coefficient (Wildman–Crippen LogP) is 4.48. The Bertz CT molecular complexity index is 1550. The van der Waals surface area contributed by atoms with Crippen LogP contribution in [0.4, 0.5) is 0 Å². The molecule has 35 heavy (non-hydrogen) atoms. The zero-order valence-electron chi connectivity index (χ0n) is 19.9. The molecule has 5 aromatic rings. The van der Waals surface area contributed by atoms with Crippen LogP contribution in [0.2, 0.25) is 0 Å². The Kier molecular flexibility index (Phi) is 5.28. The first-order valence-electron chi connectivity index (χ1n) is 12.1. The van der Waals surface area contributed by atoms with E-state index in [9.17, 15) is 4.79 Å². The Morgan fingerprint density at radius 1 is 1.09 bits per heavy atom. The van der Waals surface area contributed by atoms with E-state index >= 15 is 0 Å². The summed E-state index contributed by atoms with van der Waals surface area (Å²) in [6.45, 7) is 5.31. The summed E-state index contributed by atoms with van der Waals surface area (Å²) in [6, 6.07) is 15.8. The molecule has 1 aliphatic carbocycles. The summed E-state index contributed by atoms with van der Waals surface area (Å²) in [5.74, 6) is 2.01. The summed E-state index contributed by atoms with van der Waals surface area (Å²) in [4.78, 5) is 27.4. The molecule has 6 rings (SSSR count). The number of rotatable bonds is 7. The Morgan fingerprint density at radius 3 is 2.71 bits per heavy atom. The van der Waals surface area contributed by atoms with E-state index in [4.69, 9.17) is 10.1 Å². The van der Waals surface area contributed by atoms with Gasteiger partial charge >= 0.3 is 0 Å². The Balaban J connectivity index is 1.25. The zero-order valence-corrected chi connectivity index (χ0v) is 19.9. The number of hydrogen-bond acceptors (Lipinski definition) is 5. The van der Waals surface area contributed by atoms with Crippen molar-refractivity contribution >= 4 is 28.0 Å². The molecule has 0 unspecified atom stereocenters. The smallest absolute Gasteiger partial charge is 0.252 e. The molecule has 0 spiro atoms. The molecular formula is C27H27N7O. The van der Waals surface area contributed by atoms with Gasteiger partial charge in [-0.3, -0.25) is 4.79 Å². The monoisotopic (exact) mass is 465 g/mol. The second kappa shape index (κ2) is 8.61. The maximum atomic E-state index is 13.4. The molecule has 4 aromatic heterocycles. The van der Waals surface area contributed by atoms with Crippen LogP contribution in [0.25, 0.3) is 27.9 Å². The lowest BCUT2D eigenvalue weighted by Crippen LogP contribution is -2.26. The third kappa shape index (κ3) is 3.95. The average Bonchev–Trinajstić information content (AvgIpc) is 3.61. The van der Waals surface area contributed by atoms with Crippen LogP contribution in [-0.4, -0.2) is 41.8 Å². The molecule has 8 nitrogen and oxygen atoms in total. The highest BCUT2D eigenvalue weighted by Crippen LogP contribution is 2.40. The van der Waals surface area contributed by atoms with Crippen molar-refractivity contribution in [2.45, 2.75) is 45.6 Å². The molecular weight excluding hydrogens is 438 g/mol. The van der Waals surface area contributed by atoms with Gasteiger partial charge in [-0.1, -0.05) is 18.2 Å². The molecule has 0 saturated heterocycles. The van der Waals surface area contributed by atoms with Gasteiger partial charge in [0.15, 0.2) is 11.5 Å². The van der Waals surface area contributed by atoms with Gasteiger partial charge in [0.05, 0.1) is 27.7 Å². The van der Waals surface area contributed by atoms with E-state index in [1.165, 1.54) is 0 Å². The number of hydrogen-bond donors (Lipinski definition) is 1. The quantitative estimate of drug-likeness (QED) is 0.358. The SMILES string of the molecule is Cc1nn(-c2ccccn2)c2nc(C3CC3)cc(C(=O)NCCCn3c(C)nc4ccccc43)c12. The van der Waals surface area contributed by atoms with E-state index in [0.717, 1.165) is 59.4 Å². The first-order valence-corrected chi connectivity index (χ1v) is 12.1. The molecule has 0 bridgehead atoms. The van der Waals surface area contributed by atoms with E-state index in [2.05, 4.69) is 25.9 Å².